The average Bonchev–Trinajstić information content (AvgIpc) is 3.22. The van der Waals surface area contributed by atoms with Crippen molar-refractivity contribution in [2.45, 2.75) is 206 Å². The summed E-state index contributed by atoms with van der Waals surface area (Å²) in [5.74, 6) is -2.42. The standard InChI is InChI=1S/C48H84NO10P/c1-3-5-7-9-11-13-15-17-19-21-22-24-25-27-29-31-33-35-37-39-46(50)56-41-44(42-57-60(54,55)58-43-45(49)48(52)53)59-47(51)40-38-36-34-32-30-28-26-23-20-18-16-14-12-10-8-6-4-2/h11,13-14,16-17,19,22,24,27,29,44-45H,3-10,12,15,18,20-21,23,25-26,28,30-43,49H2,1-2H3,(H,52,53)(H,54,55)/b13-11+,16-14+,19-17+,24-22+,29-27+/t44-,45+/m1/s1. The van der Waals surface area contributed by atoms with E-state index in [1.807, 2.05) is 0 Å². The zero-order valence-corrected chi connectivity index (χ0v) is 38.4. The van der Waals surface area contributed by atoms with E-state index in [-0.39, 0.29) is 19.4 Å². The Labute approximate surface area is 364 Å². The van der Waals surface area contributed by atoms with Gasteiger partial charge in [0.1, 0.15) is 12.6 Å². The van der Waals surface area contributed by atoms with E-state index < -0.39 is 51.1 Å². The van der Waals surface area contributed by atoms with E-state index in [1.165, 1.54) is 96.3 Å². The van der Waals surface area contributed by atoms with Crippen molar-refractivity contribution in [3.05, 3.63) is 60.8 Å². The molecular formula is C48H84NO10P. The fourth-order valence-corrected chi connectivity index (χ4v) is 6.82. The summed E-state index contributed by atoms with van der Waals surface area (Å²) in [4.78, 5) is 46.0. The van der Waals surface area contributed by atoms with Gasteiger partial charge in [-0.3, -0.25) is 23.4 Å². The van der Waals surface area contributed by atoms with Gasteiger partial charge < -0.3 is 25.2 Å². The molecule has 0 fully saturated rings. The number of hydrogen-bond donors (Lipinski definition) is 3. The predicted octanol–water partition coefficient (Wildman–Crippen LogP) is 12.7. The minimum atomic E-state index is -4.73. The molecule has 0 heterocycles. The molecule has 0 aliphatic rings. The van der Waals surface area contributed by atoms with Gasteiger partial charge in [-0.05, 0) is 83.5 Å². The van der Waals surface area contributed by atoms with Crippen molar-refractivity contribution in [3.8, 4) is 0 Å². The van der Waals surface area contributed by atoms with Crippen LogP contribution in [0.15, 0.2) is 60.8 Å². The summed E-state index contributed by atoms with van der Waals surface area (Å²) in [5.41, 5.74) is 5.34. The third kappa shape index (κ3) is 41.9. The molecule has 0 aromatic rings. The Kier molecular flexibility index (Phi) is 40.8. The van der Waals surface area contributed by atoms with E-state index >= 15 is 0 Å². The quantitative estimate of drug-likeness (QED) is 0.0230. The van der Waals surface area contributed by atoms with Gasteiger partial charge in [0, 0.05) is 12.8 Å². The first-order chi connectivity index (χ1) is 29.1. The zero-order chi connectivity index (χ0) is 44.2. The van der Waals surface area contributed by atoms with Crippen LogP contribution in [0.5, 0.6) is 0 Å². The Bertz CT molecular complexity index is 1250. The molecule has 0 bridgehead atoms. The molecular weight excluding hydrogens is 781 g/mol. The summed E-state index contributed by atoms with van der Waals surface area (Å²) in [5, 5.41) is 8.90. The number of phosphoric acid groups is 1. The molecule has 0 radical (unpaired) electrons. The third-order valence-electron chi connectivity index (χ3n) is 9.74. The molecule has 0 aromatic heterocycles. The highest BCUT2D eigenvalue weighted by atomic mass is 31.2. The van der Waals surface area contributed by atoms with Gasteiger partial charge in [0.15, 0.2) is 6.10 Å². The number of carbonyl (C=O) groups is 3. The molecule has 1 unspecified atom stereocenters. The maximum Gasteiger partial charge on any atom is 0.472 e. The predicted molar refractivity (Wildman–Crippen MR) is 245 cm³/mol. The molecule has 4 N–H and O–H groups in total. The van der Waals surface area contributed by atoms with Gasteiger partial charge >= 0.3 is 25.7 Å². The van der Waals surface area contributed by atoms with Crippen molar-refractivity contribution in [2.75, 3.05) is 19.8 Å². The van der Waals surface area contributed by atoms with Gasteiger partial charge in [-0.25, -0.2) is 4.57 Å². The van der Waals surface area contributed by atoms with Crippen LogP contribution in [0.3, 0.4) is 0 Å². The summed E-state index contributed by atoms with van der Waals surface area (Å²) < 4.78 is 32.7. The lowest BCUT2D eigenvalue weighted by atomic mass is 10.1. The van der Waals surface area contributed by atoms with Crippen LogP contribution in [0.1, 0.15) is 194 Å². The largest absolute Gasteiger partial charge is 0.480 e. The van der Waals surface area contributed by atoms with Crippen molar-refractivity contribution in [1.82, 2.24) is 0 Å². The number of carboxylic acid groups (broad SMARTS) is 1. The first-order valence-corrected chi connectivity index (χ1v) is 24.8. The van der Waals surface area contributed by atoms with E-state index in [1.54, 1.807) is 0 Å². The number of hydrogen-bond acceptors (Lipinski definition) is 9. The van der Waals surface area contributed by atoms with E-state index in [0.717, 1.165) is 57.8 Å². The Morgan fingerprint density at radius 3 is 1.38 bits per heavy atom. The summed E-state index contributed by atoms with van der Waals surface area (Å²) in [6, 6.07) is -1.53. The van der Waals surface area contributed by atoms with Gasteiger partial charge in [-0.2, -0.15) is 0 Å². The lowest BCUT2D eigenvalue weighted by molar-refractivity contribution is -0.161. The van der Waals surface area contributed by atoms with Crippen molar-refractivity contribution < 1.29 is 47.5 Å². The van der Waals surface area contributed by atoms with Gasteiger partial charge in [0.25, 0.3) is 0 Å². The van der Waals surface area contributed by atoms with E-state index in [4.69, 9.17) is 24.8 Å². The molecule has 0 aliphatic carbocycles. The summed E-state index contributed by atoms with van der Waals surface area (Å²) in [6.07, 6.45) is 49.9. The molecule has 0 saturated carbocycles. The lowest BCUT2D eigenvalue weighted by Crippen LogP contribution is -2.34. The zero-order valence-electron chi connectivity index (χ0n) is 37.5. The second-order valence-electron chi connectivity index (χ2n) is 15.5. The summed E-state index contributed by atoms with van der Waals surface area (Å²) >= 11 is 0. The van der Waals surface area contributed by atoms with E-state index in [0.29, 0.717) is 12.8 Å². The number of esters is 2. The first kappa shape index (κ1) is 57.2. The van der Waals surface area contributed by atoms with Crippen LogP contribution in [0.2, 0.25) is 0 Å². The number of nitrogens with two attached hydrogens (primary N) is 1. The summed E-state index contributed by atoms with van der Waals surface area (Å²) in [6.45, 7) is 2.73. The van der Waals surface area contributed by atoms with Crippen molar-refractivity contribution in [1.29, 1.82) is 0 Å². The molecule has 0 rings (SSSR count). The van der Waals surface area contributed by atoms with Crippen LogP contribution in [-0.2, 0) is 37.5 Å². The Morgan fingerprint density at radius 2 is 0.883 bits per heavy atom. The van der Waals surface area contributed by atoms with Gasteiger partial charge in [-0.1, -0.05) is 158 Å². The van der Waals surface area contributed by atoms with Crippen LogP contribution in [0.25, 0.3) is 0 Å². The second kappa shape index (κ2) is 42.9. The van der Waals surface area contributed by atoms with Crippen molar-refractivity contribution >= 4 is 25.7 Å². The number of carboxylic acids is 1. The van der Waals surface area contributed by atoms with Crippen LogP contribution in [-0.4, -0.2) is 59.9 Å². The monoisotopic (exact) mass is 866 g/mol. The third-order valence-corrected chi connectivity index (χ3v) is 10.7. The SMILES string of the molecule is CCCCC/C=C/C/C=C/C/C=C/C/C=C/CCCCCC(=O)OC[C@H](COP(=O)(O)OC[C@H](N)C(=O)O)OC(=O)CCCCCCCCCCC/C=C/CCCCCC. The number of unbranched alkanes of at least 4 members (excludes halogenated alkanes) is 19. The van der Waals surface area contributed by atoms with Crippen LogP contribution in [0, 0.1) is 0 Å². The van der Waals surface area contributed by atoms with E-state index in [9.17, 15) is 23.8 Å². The smallest absolute Gasteiger partial charge is 0.472 e. The maximum atomic E-state index is 12.7. The highest BCUT2D eigenvalue weighted by Crippen LogP contribution is 2.43. The number of allylic oxidation sites excluding steroid dienone is 10. The first-order valence-electron chi connectivity index (χ1n) is 23.3. The average molecular weight is 866 g/mol. The number of carbonyl (C=O) groups excluding carboxylic acids is 2. The molecule has 346 valence electrons. The lowest BCUT2D eigenvalue weighted by Gasteiger charge is -2.20. The molecule has 11 nitrogen and oxygen atoms in total. The Balaban J connectivity index is 4.39. The van der Waals surface area contributed by atoms with E-state index in [2.05, 4.69) is 79.1 Å². The van der Waals surface area contributed by atoms with Gasteiger partial charge in [-0.15, -0.1) is 0 Å². The molecule has 0 saturated heterocycles. The normalized spacial score (nSPS) is 14.2. The van der Waals surface area contributed by atoms with Crippen LogP contribution in [0.4, 0.5) is 0 Å². The molecule has 0 aliphatic heterocycles. The molecule has 0 amide bonds. The van der Waals surface area contributed by atoms with Crippen LogP contribution >= 0.6 is 7.82 Å². The summed E-state index contributed by atoms with van der Waals surface area (Å²) in [7, 11) is -4.73. The number of phosphoric ester groups is 1. The van der Waals surface area contributed by atoms with Crippen molar-refractivity contribution in [3.63, 3.8) is 0 Å². The molecule has 0 aromatic carbocycles. The Hall–Kier alpha value is -2.82. The topological polar surface area (TPSA) is 172 Å². The van der Waals surface area contributed by atoms with Crippen molar-refractivity contribution in [2.24, 2.45) is 5.73 Å². The molecule has 12 heteroatoms. The number of ether oxygens (including phenoxy) is 2. The highest BCUT2D eigenvalue weighted by molar-refractivity contribution is 7.47. The molecule has 3 atom stereocenters. The molecule has 0 spiro atoms. The minimum Gasteiger partial charge on any atom is -0.480 e. The maximum absolute atomic E-state index is 12.7. The molecule has 60 heavy (non-hydrogen) atoms. The Morgan fingerprint density at radius 1 is 0.517 bits per heavy atom. The number of rotatable bonds is 43. The number of aliphatic carboxylic acids is 1. The van der Waals surface area contributed by atoms with Crippen LogP contribution < -0.4 is 5.73 Å². The fourth-order valence-electron chi connectivity index (χ4n) is 6.04. The fraction of sp³-hybridized carbons (Fsp3) is 0.729. The highest BCUT2D eigenvalue weighted by Gasteiger charge is 2.28. The van der Waals surface area contributed by atoms with Gasteiger partial charge in [0.2, 0.25) is 0 Å². The minimum absolute atomic E-state index is 0.150. The second-order valence-corrected chi connectivity index (χ2v) is 17.0. The van der Waals surface area contributed by atoms with Gasteiger partial charge in [0.05, 0.1) is 13.2 Å².